The molecule has 0 aromatic carbocycles. The summed E-state index contributed by atoms with van der Waals surface area (Å²) >= 11 is 1.34. The molecule has 0 spiro atoms. The van der Waals surface area contributed by atoms with Crippen molar-refractivity contribution in [2.24, 2.45) is 0 Å². The van der Waals surface area contributed by atoms with E-state index >= 15 is 0 Å². The monoisotopic (exact) mass is 288 g/mol. The molecule has 3 heterocycles. The average Bonchev–Trinajstić information content (AvgIpc) is 3.11. The first kappa shape index (κ1) is 12.6. The Morgan fingerprint density at radius 3 is 2.95 bits per heavy atom. The molecule has 0 saturated carbocycles. The van der Waals surface area contributed by atoms with Crippen LogP contribution in [0.3, 0.4) is 0 Å². The van der Waals surface area contributed by atoms with E-state index in [2.05, 4.69) is 35.3 Å². The average molecular weight is 288 g/mol. The predicted octanol–water partition coefficient (Wildman–Crippen LogP) is 1.36. The number of rotatable bonds is 5. The molecule has 0 atom stereocenters. The highest BCUT2D eigenvalue weighted by Gasteiger charge is 2.10. The Kier molecular flexibility index (Phi) is 3.59. The highest BCUT2D eigenvalue weighted by Crippen LogP contribution is 2.21. The number of aromatic nitrogens is 7. The van der Waals surface area contributed by atoms with Crippen molar-refractivity contribution in [3.05, 3.63) is 30.9 Å². The van der Waals surface area contributed by atoms with Gasteiger partial charge in [0.25, 0.3) is 5.95 Å². The second kappa shape index (κ2) is 5.70. The number of imidazole rings is 1. The van der Waals surface area contributed by atoms with Crippen LogP contribution in [0.4, 0.5) is 5.95 Å². The molecule has 3 aromatic heterocycles. The van der Waals surface area contributed by atoms with Crippen LogP contribution in [0.25, 0.3) is 5.95 Å². The molecule has 8 nitrogen and oxygen atoms in total. The van der Waals surface area contributed by atoms with E-state index in [4.69, 9.17) is 0 Å². The van der Waals surface area contributed by atoms with Crippen molar-refractivity contribution >= 4 is 17.7 Å². The maximum absolute atomic E-state index is 4.37. The smallest absolute Gasteiger partial charge is 0.256 e. The summed E-state index contributed by atoms with van der Waals surface area (Å²) in [6, 6.07) is 1.82. The van der Waals surface area contributed by atoms with E-state index in [1.807, 2.05) is 13.0 Å². The Morgan fingerprint density at radius 2 is 2.25 bits per heavy atom. The third-order valence-electron chi connectivity index (χ3n) is 2.31. The molecule has 0 unspecified atom stereocenters. The van der Waals surface area contributed by atoms with Crippen LogP contribution in [0.15, 0.2) is 41.2 Å². The summed E-state index contributed by atoms with van der Waals surface area (Å²) in [6.07, 6.45) is 6.90. The summed E-state index contributed by atoms with van der Waals surface area (Å²) in [6.45, 7) is 2.71. The number of nitrogens with zero attached hydrogens (tertiary/aromatic N) is 6. The lowest BCUT2D eigenvalue weighted by Crippen LogP contribution is -2.09. The first-order valence-electron chi connectivity index (χ1n) is 6.02. The molecule has 0 aliphatic rings. The van der Waals surface area contributed by atoms with Crippen LogP contribution < -0.4 is 5.32 Å². The Hall–Kier alpha value is -2.42. The summed E-state index contributed by atoms with van der Waals surface area (Å²) < 4.78 is 1.59. The highest BCUT2D eigenvalue weighted by molar-refractivity contribution is 7.99. The van der Waals surface area contributed by atoms with E-state index in [1.54, 1.807) is 29.5 Å². The fourth-order valence-electron chi connectivity index (χ4n) is 1.51. The van der Waals surface area contributed by atoms with E-state index in [9.17, 15) is 0 Å². The van der Waals surface area contributed by atoms with E-state index in [-0.39, 0.29) is 0 Å². The third kappa shape index (κ3) is 2.77. The second-order valence-corrected chi connectivity index (χ2v) is 4.67. The summed E-state index contributed by atoms with van der Waals surface area (Å²) in [7, 11) is 0. The predicted molar refractivity (Wildman–Crippen MR) is 73.8 cm³/mol. The van der Waals surface area contributed by atoms with Crippen LogP contribution in [0.1, 0.15) is 6.92 Å². The van der Waals surface area contributed by atoms with E-state index < -0.39 is 0 Å². The summed E-state index contributed by atoms with van der Waals surface area (Å²) in [4.78, 5) is 20.2. The fourth-order valence-corrected chi connectivity index (χ4v) is 2.18. The zero-order chi connectivity index (χ0) is 13.8. The van der Waals surface area contributed by atoms with Gasteiger partial charge in [-0.1, -0.05) is 0 Å². The molecule has 0 amide bonds. The minimum atomic E-state index is 0.468. The molecule has 0 saturated heterocycles. The normalized spacial score (nSPS) is 10.7. The molecule has 3 aromatic rings. The van der Waals surface area contributed by atoms with Crippen LogP contribution >= 0.6 is 11.8 Å². The number of aromatic amines is 1. The number of nitrogens with one attached hydrogen (secondary N) is 2. The Bertz CT molecular complexity index is 664. The number of hydrogen-bond donors (Lipinski definition) is 2. The molecule has 0 radical (unpaired) electrons. The van der Waals surface area contributed by atoms with Crippen LogP contribution in [-0.2, 0) is 0 Å². The van der Waals surface area contributed by atoms with Crippen LogP contribution in [0, 0.1) is 0 Å². The summed E-state index contributed by atoms with van der Waals surface area (Å²) in [5.41, 5.74) is 0. The number of anilines is 1. The van der Waals surface area contributed by atoms with E-state index in [0.29, 0.717) is 17.1 Å². The minimum Gasteiger partial charge on any atom is -0.354 e. The Labute approximate surface area is 119 Å². The lowest BCUT2D eigenvalue weighted by atomic mass is 10.7. The van der Waals surface area contributed by atoms with Crippen molar-refractivity contribution in [3.63, 3.8) is 0 Å². The largest absolute Gasteiger partial charge is 0.354 e. The van der Waals surface area contributed by atoms with Gasteiger partial charge in [0.15, 0.2) is 5.16 Å². The summed E-state index contributed by atoms with van der Waals surface area (Å²) in [5.74, 6) is 0.983. The Morgan fingerprint density at radius 1 is 1.30 bits per heavy atom. The zero-order valence-corrected chi connectivity index (χ0v) is 11.5. The highest BCUT2D eigenvalue weighted by atomic mass is 32.2. The topological polar surface area (TPSA) is 97.2 Å². The van der Waals surface area contributed by atoms with Gasteiger partial charge in [-0.2, -0.15) is 20.1 Å². The van der Waals surface area contributed by atoms with Gasteiger partial charge in [0.05, 0.1) is 0 Å². The molecule has 0 bridgehead atoms. The van der Waals surface area contributed by atoms with Crippen LogP contribution in [0.2, 0.25) is 0 Å². The maximum atomic E-state index is 4.37. The van der Waals surface area contributed by atoms with Crippen molar-refractivity contribution in [1.82, 2.24) is 34.7 Å². The molecule has 0 fully saturated rings. The molecule has 20 heavy (non-hydrogen) atoms. The molecule has 2 N–H and O–H groups in total. The molecule has 3 rings (SSSR count). The van der Waals surface area contributed by atoms with E-state index in [0.717, 1.165) is 11.7 Å². The van der Waals surface area contributed by atoms with Crippen LogP contribution in [0.5, 0.6) is 0 Å². The summed E-state index contributed by atoms with van der Waals surface area (Å²) in [5, 5.41) is 8.49. The molecule has 9 heteroatoms. The van der Waals surface area contributed by atoms with Crippen molar-refractivity contribution in [2.45, 2.75) is 17.2 Å². The van der Waals surface area contributed by atoms with Gasteiger partial charge in [0.2, 0.25) is 11.1 Å². The van der Waals surface area contributed by atoms with Gasteiger partial charge in [-0.25, -0.2) is 9.67 Å². The lowest BCUT2D eigenvalue weighted by molar-refractivity contribution is 0.759. The van der Waals surface area contributed by atoms with E-state index in [1.165, 1.54) is 11.8 Å². The fraction of sp³-hybridized carbons (Fsp3) is 0.182. The van der Waals surface area contributed by atoms with Crippen molar-refractivity contribution in [3.8, 4) is 5.95 Å². The third-order valence-corrected chi connectivity index (χ3v) is 3.09. The molecular formula is C11H12N8S. The minimum absolute atomic E-state index is 0.468. The quantitative estimate of drug-likeness (QED) is 0.731. The van der Waals surface area contributed by atoms with Gasteiger partial charge in [-0.3, -0.25) is 0 Å². The van der Waals surface area contributed by atoms with Gasteiger partial charge in [0, 0.05) is 31.3 Å². The van der Waals surface area contributed by atoms with Gasteiger partial charge in [-0.05, 0) is 24.8 Å². The standard InChI is InChI=1S/C11H12N8S/c1-2-12-8-16-9(19-7-3-4-15-19)18-11(17-8)20-10-13-5-6-14-10/h3-7H,2H2,1H3,(H,13,14)(H,12,16,17,18). The molecule has 0 aliphatic heterocycles. The van der Waals surface area contributed by atoms with Gasteiger partial charge < -0.3 is 10.3 Å². The number of hydrogen-bond acceptors (Lipinski definition) is 7. The van der Waals surface area contributed by atoms with Crippen molar-refractivity contribution in [1.29, 1.82) is 0 Å². The molecule has 102 valence electrons. The molecular weight excluding hydrogens is 276 g/mol. The first-order chi connectivity index (χ1) is 9.85. The first-order valence-corrected chi connectivity index (χ1v) is 6.84. The van der Waals surface area contributed by atoms with Gasteiger partial charge in [0.1, 0.15) is 0 Å². The second-order valence-electron chi connectivity index (χ2n) is 3.72. The lowest BCUT2D eigenvalue weighted by Gasteiger charge is -2.06. The SMILES string of the molecule is CCNc1nc(Sc2ncc[nH]2)nc(-n2cccn2)n1. The zero-order valence-electron chi connectivity index (χ0n) is 10.7. The van der Waals surface area contributed by atoms with Gasteiger partial charge >= 0.3 is 0 Å². The van der Waals surface area contributed by atoms with Crippen molar-refractivity contribution in [2.75, 3.05) is 11.9 Å². The van der Waals surface area contributed by atoms with Crippen LogP contribution in [-0.4, -0.2) is 41.2 Å². The van der Waals surface area contributed by atoms with Crippen molar-refractivity contribution < 1.29 is 0 Å². The van der Waals surface area contributed by atoms with Gasteiger partial charge in [-0.15, -0.1) is 0 Å². The maximum Gasteiger partial charge on any atom is 0.256 e. The molecule has 0 aliphatic carbocycles. The Balaban J connectivity index is 1.96. The number of H-pyrrole nitrogens is 1.